The number of rotatable bonds is 4. The van der Waals surface area contributed by atoms with Crippen LogP contribution in [0.1, 0.15) is 38.8 Å². The van der Waals surface area contributed by atoms with E-state index in [9.17, 15) is 4.39 Å². The predicted molar refractivity (Wildman–Crippen MR) is 107 cm³/mol. The molecule has 1 N–H and O–H groups in total. The van der Waals surface area contributed by atoms with Crippen LogP contribution >= 0.6 is 0 Å². The molecule has 146 valence electrons. The van der Waals surface area contributed by atoms with Gasteiger partial charge in [-0.05, 0) is 57.8 Å². The molecule has 0 saturated carbocycles. The molecule has 0 aliphatic carbocycles. The Labute approximate surface area is 164 Å². The lowest BCUT2D eigenvalue weighted by Gasteiger charge is -2.32. The summed E-state index contributed by atoms with van der Waals surface area (Å²) in [6.07, 6.45) is 1.94. The minimum atomic E-state index is -0.579. The number of hydrogen-bond donors (Lipinski definition) is 1. The van der Waals surface area contributed by atoms with Crippen LogP contribution in [0.5, 0.6) is 0 Å². The lowest BCUT2D eigenvalue weighted by Crippen LogP contribution is -2.41. The number of hydrogen-bond acceptors (Lipinski definition) is 5. The Morgan fingerprint density at radius 3 is 2.46 bits per heavy atom. The molecule has 6 nitrogen and oxygen atoms in total. The molecule has 0 atom stereocenters. The van der Waals surface area contributed by atoms with Crippen LogP contribution in [0.4, 0.5) is 10.3 Å². The smallest absolute Gasteiger partial charge is 0.399 e. The summed E-state index contributed by atoms with van der Waals surface area (Å²) in [4.78, 5) is 0. The van der Waals surface area contributed by atoms with Gasteiger partial charge in [0.15, 0.2) is 5.65 Å². The third-order valence-corrected chi connectivity index (χ3v) is 5.59. The molecule has 4 rings (SSSR count). The number of benzene rings is 1. The topological polar surface area (TPSA) is 60.7 Å². The van der Waals surface area contributed by atoms with Gasteiger partial charge in [-0.2, -0.15) is 0 Å². The van der Waals surface area contributed by atoms with Crippen molar-refractivity contribution in [2.45, 2.75) is 52.4 Å². The Hall–Kier alpha value is -2.45. The van der Waals surface area contributed by atoms with Gasteiger partial charge in [-0.3, -0.25) is 4.40 Å². The number of pyridine rings is 1. The third-order valence-electron chi connectivity index (χ3n) is 5.59. The van der Waals surface area contributed by atoms with E-state index in [1.54, 1.807) is 6.07 Å². The molecule has 0 unspecified atom stereocenters. The number of aryl methyl sites for hydroxylation is 1. The largest absolute Gasteiger partial charge is 0.494 e. The van der Waals surface area contributed by atoms with Gasteiger partial charge >= 0.3 is 7.12 Å². The minimum Gasteiger partial charge on any atom is -0.399 e. The molecular weight excluding hydrogens is 358 g/mol. The molecule has 3 heterocycles. The van der Waals surface area contributed by atoms with Crippen LogP contribution in [0.2, 0.25) is 0 Å². The average Bonchev–Trinajstić information content (AvgIpc) is 3.11. The Morgan fingerprint density at radius 1 is 1.07 bits per heavy atom. The van der Waals surface area contributed by atoms with Crippen molar-refractivity contribution in [3.8, 4) is 0 Å². The minimum absolute atomic E-state index is 0.296. The maximum atomic E-state index is 14.7. The Bertz CT molecular complexity index is 1020. The van der Waals surface area contributed by atoms with Gasteiger partial charge < -0.3 is 14.6 Å². The number of halogens is 1. The molecule has 3 aromatic rings. The zero-order chi connectivity index (χ0) is 20.1. The van der Waals surface area contributed by atoms with Crippen molar-refractivity contribution >= 4 is 24.2 Å². The van der Waals surface area contributed by atoms with E-state index in [0.717, 1.165) is 11.2 Å². The highest BCUT2D eigenvalue weighted by Crippen LogP contribution is 2.36. The van der Waals surface area contributed by atoms with Gasteiger partial charge in [-0.15, -0.1) is 10.2 Å². The van der Waals surface area contributed by atoms with Crippen LogP contribution in [0.15, 0.2) is 36.5 Å². The summed E-state index contributed by atoms with van der Waals surface area (Å²) in [5.41, 5.74) is 2.12. The van der Waals surface area contributed by atoms with Crippen LogP contribution in [-0.4, -0.2) is 32.9 Å². The fourth-order valence-corrected chi connectivity index (χ4v) is 3.12. The third kappa shape index (κ3) is 3.27. The molecule has 0 amide bonds. The summed E-state index contributed by atoms with van der Waals surface area (Å²) in [6, 6.07) is 8.94. The first-order chi connectivity index (χ1) is 13.2. The standard InChI is InChI=1S/C20H24BFN4O2/c1-13-6-9-17-24-25-18(26(17)12-13)23-11-14-7-8-15(10-16(14)22)21-27-19(2,3)20(4,5)28-21/h6-10,12H,11H2,1-5H3,(H,23,25). The van der Waals surface area contributed by atoms with Gasteiger partial charge in [0.1, 0.15) is 5.82 Å². The van der Waals surface area contributed by atoms with Crippen molar-refractivity contribution in [3.63, 3.8) is 0 Å². The molecule has 0 bridgehead atoms. The van der Waals surface area contributed by atoms with Gasteiger partial charge in [0.2, 0.25) is 5.95 Å². The number of aromatic nitrogens is 3. The van der Waals surface area contributed by atoms with Crippen molar-refractivity contribution in [3.05, 3.63) is 53.5 Å². The molecule has 0 radical (unpaired) electrons. The highest BCUT2D eigenvalue weighted by molar-refractivity contribution is 6.62. The second-order valence-electron chi connectivity index (χ2n) is 8.25. The number of nitrogens with zero attached hydrogens (tertiary/aromatic N) is 3. The van der Waals surface area contributed by atoms with Crippen LogP contribution in [-0.2, 0) is 15.9 Å². The van der Waals surface area contributed by atoms with Gasteiger partial charge in [0, 0.05) is 18.3 Å². The fraction of sp³-hybridized carbons (Fsp3) is 0.400. The van der Waals surface area contributed by atoms with E-state index in [0.29, 0.717) is 23.5 Å². The van der Waals surface area contributed by atoms with Crippen molar-refractivity contribution in [1.29, 1.82) is 0 Å². The highest BCUT2D eigenvalue weighted by Gasteiger charge is 2.51. The van der Waals surface area contributed by atoms with Crippen LogP contribution in [0, 0.1) is 12.7 Å². The van der Waals surface area contributed by atoms with E-state index < -0.39 is 18.3 Å². The van der Waals surface area contributed by atoms with Crippen molar-refractivity contribution in [2.75, 3.05) is 5.32 Å². The zero-order valence-electron chi connectivity index (χ0n) is 16.8. The summed E-state index contributed by atoms with van der Waals surface area (Å²) >= 11 is 0. The van der Waals surface area contributed by atoms with Crippen LogP contribution in [0.3, 0.4) is 0 Å². The molecule has 1 fully saturated rings. The number of fused-ring (bicyclic) bond motifs is 1. The number of nitrogens with one attached hydrogen (secondary N) is 1. The highest BCUT2D eigenvalue weighted by atomic mass is 19.1. The average molecular weight is 382 g/mol. The first kappa shape index (κ1) is 18.9. The molecule has 1 aromatic carbocycles. The lowest BCUT2D eigenvalue weighted by atomic mass is 9.78. The van der Waals surface area contributed by atoms with Crippen molar-refractivity contribution in [2.24, 2.45) is 0 Å². The van der Waals surface area contributed by atoms with Crippen LogP contribution in [0.25, 0.3) is 5.65 Å². The summed E-state index contributed by atoms with van der Waals surface area (Å²) < 4.78 is 28.5. The second kappa shape index (κ2) is 6.56. The predicted octanol–water partition coefficient (Wildman–Crippen LogP) is 3.09. The summed E-state index contributed by atoms with van der Waals surface area (Å²) in [7, 11) is -0.579. The molecular formula is C20H24BFN4O2. The van der Waals surface area contributed by atoms with E-state index in [1.165, 1.54) is 6.07 Å². The van der Waals surface area contributed by atoms with Crippen LogP contribution < -0.4 is 10.8 Å². The molecule has 1 aliphatic rings. The maximum absolute atomic E-state index is 14.7. The van der Waals surface area contributed by atoms with Gasteiger partial charge in [0.05, 0.1) is 11.2 Å². The Kier molecular flexibility index (Phi) is 4.43. The van der Waals surface area contributed by atoms with Crippen molar-refractivity contribution < 1.29 is 13.7 Å². The number of anilines is 1. The molecule has 8 heteroatoms. The summed E-state index contributed by atoms with van der Waals surface area (Å²) in [6.45, 7) is 10.2. The lowest BCUT2D eigenvalue weighted by molar-refractivity contribution is 0.00578. The molecule has 28 heavy (non-hydrogen) atoms. The normalized spacial score (nSPS) is 18.0. The molecule has 1 aliphatic heterocycles. The van der Waals surface area contributed by atoms with Gasteiger partial charge in [-0.25, -0.2) is 4.39 Å². The van der Waals surface area contributed by atoms with Gasteiger partial charge in [0.25, 0.3) is 0 Å². The van der Waals surface area contributed by atoms with Gasteiger partial charge in [-0.1, -0.05) is 18.2 Å². The molecule has 0 spiro atoms. The van der Waals surface area contributed by atoms with E-state index >= 15 is 0 Å². The molecule has 1 saturated heterocycles. The summed E-state index contributed by atoms with van der Waals surface area (Å²) in [5.74, 6) is 0.262. The summed E-state index contributed by atoms with van der Waals surface area (Å²) in [5, 5.41) is 11.4. The first-order valence-corrected chi connectivity index (χ1v) is 9.35. The first-order valence-electron chi connectivity index (χ1n) is 9.35. The monoisotopic (exact) mass is 382 g/mol. The SMILES string of the molecule is Cc1ccc2nnc(NCc3ccc(B4OC(C)(C)C(C)(C)O4)cc3F)n2c1. The van der Waals surface area contributed by atoms with Crippen molar-refractivity contribution in [1.82, 2.24) is 14.6 Å². The fourth-order valence-electron chi connectivity index (χ4n) is 3.12. The zero-order valence-corrected chi connectivity index (χ0v) is 16.8. The van der Waals surface area contributed by atoms with E-state index in [-0.39, 0.29) is 5.82 Å². The van der Waals surface area contributed by atoms with E-state index in [4.69, 9.17) is 9.31 Å². The Balaban J connectivity index is 1.50. The maximum Gasteiger partial charge on any atom is 0.494 e. The van der Waals surface area contributed by atoms with E-state index in [2.05, 4.69) is 15.5 Å². The quantitative estimate of drug-likeness (QED) is 0.703. The molecule has 2 aromatic heterocycles. The van der Waals surface area contributed by atoms with E-state index in [1.807, 2.05) is 63.4 Å². The second-order valence-corrected chi connectivity index (χ2v) is 8.25. The Morgan fingerprint density at radius 2 is 1.79 bits per heavy atom.